The summed E-state index contributed by atoms with van der Waals surface area (Å²) in [5.41, 5.74) is 1.41. The lowest BCUT2D eigenvalue weighted by molar-refractivity contribution is -0.152. The number of halogens is 1. The molecule has 28 heavy (non-hydrogen) atoms. The molecule has 1 amide bonds. The third kappa shape index (κ3) is 4.91. The van der Waals surface area contributed by atoms with E-state index in [1.165, 1.54) is 7.11 Å². The van der Waals surface area contributed by atoms with Gasteiger partial charge in [0, 0.05) is 26.9 Å². The molecule has 0 saturated carbocycles. The van der Waals surface area contributed by atoms with E-state index in [0.29, 0.717) is 23.9 Å². The van der Waals surface area contributed by atoms with Crippen LogP contribution >= 0.6 is 11.6 Å². The highest BCUT2D eigenvalue weighted by Gasteiger charge is 2.36. The van der Waals surface area contributed by atoms with E-state index in [1.807, 2.05) is 44.2 Å². The molecule has 152 valence electrons. The van der Waals surface area contributed by atoms with Crippen LogP contribution in [0.15, 0.2) is 36.5 Å². The number of rotatable bonds is 7. The van der Waals surface area contributed by atoms with Crippen LogP contribution in [-0.4, -0.2) is 52.7 Å². The van der Waals surface area contributed by atoms with Gasteiger partial charge >= 0.3 is 0 Å². The monoisotopic (exact) mass is 407 g/mol. The lowest BCUT2D eigenvalue weighted by atomic mass is 10.1. The molecule has 0 aliphatic carbocycles. The van der Waals surface area contributed by atoms with Crippen molar-refractivity contribution in [2.24, 2.45) is 7.05 Å². The number of benzene rings is 1. The minimum atomic E-state index is -0.723. The van der Waals surface area contributed by atoms with Crippen LogP contribution in [-0.2, 0) is 32.6 Å². The number of hydrogen-bond donors (Lipinski definition) is 0. The van der Waals surface area contributed by atoms with Crippen molar-refractivity contribution in [3.05, 3.63) is 52.8 Å². The van der Waals surface area contributed by atoms with Gasteiger partial charge in [-0.25, -0.2) is 0 Å². The van der Waals surface area contributed by atoms with Gasteiger partial charge < -0.3 is 19.1 Å². The molecule has 8 heteroatoms. The highest BCUT2D eigenvalue weighted by molar-refractivity contribution is 6.31. The molecular weight excluding hydrogens is 382 g/mol. The number of ether oxygens (including phenoxy) is 3. The molecule has 0 radical (unpaired) electrons. The number of amides is 1. The van der Waals surface area contributed by atoms with Gasteiger partial charge in [-0.1, -0.05) is 41.9 Å². The van der Waals surface area contributed by atoms with Crippen molar-refractivity contribution in [1.82, 2.24) is 14.7 Å². The molecule has 0 bridgehead atoms. The lowest BCUT2D eigenvalue weighted by Gasteiger charge is -2.28. The van der Waals surface area contributed by atoms with E-state index < -0.39 is 11.9 Å². The Morgan fingerprint density at radius 3 is 2.68 bits per heavy atom. The summed E-state index contributed by atoms with van der Waals surface area (Å²) in [6.07, 6.45) is 0.747. The zero-order valence-electron chi connectivity index (χ0n) is 16.6. The minimum absolute atomic E-state index is 0.177. The number of aryl methyl sites for hydroxylation is 1. The molecule has 0 N–H and O–H groups in total. The van der Waals surface area contributed by atoms with Gasteiger partial charge in [-0.2, -0.15) is 5.10 Å². The summed E-state index contributed by atoms with van der Waals surface area (Å²) in [6.45, 7) is 4.73. The van der Waals surface area contributed by atoms with Gasteiger partial charge in [0.1, 0.15) is 11.8 Å². The Kier molecular flexibility index (Phi) is 6.40. The Bertz CT molecular complexity index is 809. The normalized spacial score (nSPS) is 19.5. The maximum absolute atomic E-state index is 13.4. The third-order valence-electron chi connectivity index (χ3n) is 4.56. The second-order valence-corrected chi connectivity index (χ2v) is 7.70. The van der Waals surface area contributed by atoms with Crippen molar-refractivity contribution in [2.45, 2.75) is 38.4 Å². The maximum Gasteiger partial charge on any atom is 0.256 e. The molecule has 2 aromatic rings. The van der Waals surface area contributed by atoms with Gasteiger partial charge in [0.05, 0.1) is 18.2 Å². The first-order valence-corrected chi connectivity index (χ1v) is 9.53. The first-order chi connectivity index (χ1) is 13.3. The SMILES string of the molecule is CO[C@@H](C(=O)N(Cc1nn(C)cc1Cl)C[C@H]1COC(C)(C)O1)c1ccccc1. The van der Waals surface area contributed by atoms with Gasteiger partial charge in [-0.3, -0.25) is 9.48 Å². The first kappa shape index (κ1) is 20.8. The number of aromatic nitrogens is 2. The third-order valence-corrected chi connectivity index (χ3v) is 4.88. The highest BCUT2D eigenvalue weighted by atomic mass is 35.5. The Hall–Kier alpha value is -1.93. The molecule has 1 aliphatic rings. The quantitative estimate of drug-likeness (QED) is 0.706. The van der Waals surface area contributed by atoms with E-state index in [1.54, 1.807) is 22.8 Å². The smallest absolute Gasteiger partial charge is 0.256 e. The summed E-state index contributed by atoms with van der Waals surface area (Å²) in [5, 5.41) is 4.88. The summed E-state index contributed by atoms with van der Waals surface area (Å²) in [7, 11) is 3.32. The number of nitrogens with zero attached hydrogens (tertiary/aromatic N) is 3. The largest absolute Gasteiger partial charge is 0.367 e. The minimum Gasteiger partial charge on any atom is -0.367 e. The Labute approximate surface area is 170 Å². The highest BCUT2D eigenvalue weighted by Crippen LogP contribution is 2.26. The predicted molar refractivity (Wildman–Crippen MR) is 105 cm³/mol. The van der Waals surface area contributed by atoms with Crippen molar-refractivity contribution in [3.63, 3.8) is 0 Å². The van der Waals surface area contributed by atoms with Gasteiger partial charge in [0.15, 0.2) is 11.9 Å². The van der Waals surface area contributed by atoms with E-state index >= 15 is 0 Å². The second-order valence-electron chi connectivity index (χ2n) is 7.29. The van der Waals surface area contributed by atoms with Crippen molar-refractivity contribution in [1.29, 1.82) is 0 Å². The molecule has 0 spiro atoms. The number of hydrogen-bond acceptors (Lipinski definition) is 5. The molecular formula is C20H26ClN3O4. The summed E-state index contributed by atoms with van der Waals surface area (Å²) in [5.74, 6) is -0.842. The second kappa shape index (κ2) is 8.61. The Morgan fingerprint density at radius 2 is 2.14 bits per heavy atom. The van der Waals surface area contributed by atoms with Crippen LogP contribution in [0.3, 0.4) is 0 Å². The Balaban J connectivity index is 1.83. The maximum atomic E-state index is 13.4. The van der Waals surface area contributed by atoms with E-state index in [4.69, 9.17) is 25.8 Å². The molecule has 2 heterocycles. The van der Waals surface area contributed by atoms with Crippen LogP contribution in [0.5, 0.6) is 0 Å². The molecule has 1 aromatic heterocycles. The van der Waals surface area contributed by atoms with E-state index in [-0.39, 0.29) is 18.6 Å². The van der Waals surface area contributed by atoms with Crippen molar-refractivity contribution >= 4 is 17.5 Å². The van der Waals surface area contributed by atoms with Crippen LogP contribution < -0.4 is 0 Å². The molecule has 0 unspecified atom stereocenters. The molecule has 1 fully saturated rings. The zero-order valence-corrected chi connectivity index (χ0v) is 17.3. The van der Waals surface area contributed by atoms with Crippen LogP contribution in [0.2, 0.25) is 5.02 Å². The lowest BCUT2D eigenvalue weighted by Crippen LogP contribution is -2.41. The summed E-state index contributed by atoms with van der Waals surface area (Å²) >= 11 is 6.28. The molecule has 1 aliphatic heterocycles. The average Bonchev–Trinajstić information content (AvgIpc) is 3.16. The van der Waals surface area contributed by atoms with Crippen molar-refractivity contribution in [3.8, 4) is 0 Å². The predicted octanol–water partition coefficient (Wildman–Crippen LogP) is 2.94. The fourth-order valence-electron chi connectivity index (χ4n) is 3.30. The van der Waals surface area contributed by atoms with Gasteiger partial charge in [0.2, 0.25) is 0 Å². The molecule has 1 aromatic carbocycles. The fourth-order valence-corrected chi connectivity index (χ4v) is 3.54. The summed E-state index contributed by atoms with van der Waals surface area (Å²) in [6, 6.07) is 9.40. The van der Waals surface area contributed by atoms with Crippen LogP contribution in [0.25, 0.3) is 0 Å². The van der Waals surface area contributed by atoms with E-state index in [2.05, 4.69) is 5.10 Å². The molecule has 7 nitrogen and oxygen atoms in total. The van der Waals surface area contributed by atoms with Crippen molar-refractivity contribution < 1.29 is 19.0 Å². The van der Waals surface area contributed by atoms with Gasteiger partial charge in [0.25, 0.3) is 5.91 Å². The molecule has 1 saturated heterocycles. The van der Waals surface area contributed by atoms with Crippen LogP contribution in [0.1, 0.15) is 31.2 Å². The van der Waals surface area contributed by atoms with Crippen LogP contribution in [0, 0.1) is 0 Å². The number of carbonyl (C=O) groups is 1. The summed E-state index contributed by atoms with van der Waals surface area (Å²) in [4.78, 5) is 15.0. The van der Waals surface area contributed by atoms with Crippen molar-refractivity contribution in [2.75, 3.05) is 20.3 Å². The first-order valence-electron chi connectivity index (χ1n) is 9.15. The van der Waals surface area contributed by atoms with E-state index in [0.717, 1.165) is 5.56 Å². The fraction of sp³-hybridized carbons (Fsp3) is 0.500. The standard InChI is InChI=1S/C20H26ClN3O4/c1-20(2)27-13-15(28-20)10-24(12-17-16(21)11-23(3)22-17)19(25)18(26-4)14-8-6-5-7-9-14/h5-9,11,15,18H,10,12-13H2,1-4H3/t15-,18+/m0/s1. The number of methoxy groups -OCH3 is 1. The van der Waals surface area contributed by atoms with Gasteiger partial charge in [-0.05, 0) is 19.4 Å². The Morgan fingerprint density at radius 1 is 1.43 bits per heavy atom. The molecule has 3 rings (SSSR count). The van der Waals surface area contributed by atoms with Crippen LogP contribution in [0.4, 0.5) is 0 Å². The molecule has 2 atom stereocenters. The average molecular weight is 408 g/mol. The van der Waals surface area contributed by atoms with Gasteiger partial charge in [-0.15, -0.1) is 0 Å². The zero-order chi connectivity index (χ0) is 20.3. The van der Waals surface area contributed by atoms with E-state index in [9.17, 15) is 4.79 Å². The summed E-state index contributed by atoms with van der Waals surface area (Å²) < 4.78 is 18.7. The topological polar surface area (TPSA) is 65.8 Å². The number of carbonyl (C=O) groups excluding carboxylic acids is 1.